The normalized spacial score (nSPS) is 9.50. The van der Waals surface area contributed by atoms with Gasteiger partial charge >= 0.3 is 18.0 Å². The van der Waals surface area contributed by atoms with Crippen LogP contribution in [-0.2, 0) is 19.1 Å². The number of urea groups is 1. The van der Waals surface area contributed by atoms with Gasteiger partial charge in [0.1, 0.15) is 0 Å². The van der Waals surface area contributed by atoms with Gasteiger partial charge in [-0.2, -0.15) is 0 Å². The van der Waals surface area contributed by atoms with Crippen molar-refractivity contribution in [1.82, 2.24) is 10.6 Å². The van der Waals surface area contributed by atoms with E-state index in [-0.39, 0.29) is 13.2 Å². The van der Waals surface area contributed by atoms with Gasteiger partial charge in [0.25, 0.3) is 0 Å². The van der Waals surface area contributed by atoms with E-state index < -0.39 is 24.0 Å². The van der Waals surface area contributed by atoms with Crippen LogP contribution in [0.1, 0.15) is 13.8 Å². The summed E-state index contributed by atoms with van der Waals surface area (Å²) in [7, 11) is 1.36. The lowest BCUT2D eigenvalue weighted by atomic mass is 10.3. The standard InChI is InChI=1S/C9H16N2O5/c1-4-15-7(12)6(8(13)16-5-2)11-9(14)10-3/h6H,4-5H2,1-3H3,(H2,10,11,14). The summed E-state index contributed by atoms with van der Waals surface area (Å²) in [5.41, 5.74) is 0. The van der Waals surface area contributed by atoms with Gasteiger partial charge in [-0.15, -0.1) is 0 Å². The zero-order valence-corrected chi connectivity index (χ0v) is 9.53. The van der Waals surface area contributed by atoms with Crippen LogP contribution in [0.4, 0.5) is 4.79 Å². The quantitative estimate of drug-likeness (QED) is 0.488. The number of esters is 2. The smallest absolute Gasteiger partial charge is 0.340 e. The Morgan fingerprint density at radius 1 is 1.06 bits per heavy atom. The van der Waals surface area contributed by atoms with Crippen LogP contribution in [0, 0.1) is 0 Å². The Kier molecular flexibility index (Phi) is 6.66. The highest BCUT2D eigenvalue weighted by atomic mass is 16.6. The molecule has 0 aliphatic heterocycles. The lowest BCUT2D eigenvalue weighted by Crippen LogP contribution is -2.50. The number of carbonyl (C=O) groups excluding carboxylic acids is 3. The van der Waals surface area contributed by atoms with Crippen molar-refractivity contribution in [3.8, 4) is 0 Å². The summed E-state index contributed by atoms with van der Waals surface area (Å²) in [5, 5.41) is 4.36. The van der Waals surface area contributed by atoms with Crippen LogP contribution >= 0.6 is 0 Å². The van der Waals surface area contributed by atoms with E-state index in [0.717, 1.165) is 0 Å². The van der Waals surface area contributed by atoms with Crippen molar-refractivity contribution in [1.29, 1.82) is 0 Å². The van der Waals surface area contributed by atoms with Crippen molar-refractivity contribution in [2.24, 2.45) is 0 Å². The molecule has 0 rings (SSSR count). The molecule has 92 valence electrons. The van der Waals surface area contributed by atoms with Gasteiger partial charge in [0.15, 0.2) is 0 Å². The molecule has 0 aliphatic carbocycles. The Balaban J connectivity index is 4.55. The highest BCUT2D eigenvalue weighted by Gasteiger charge is 2.30. The molecule has 0 aromatic heterocycles. The average molecular weight is 232 g/mol. The second-order valence-corrected chi connectivity index (χ2v) is 2.66. The number of carbonyl (C=O) groups is 3. The van der Waals surface area contributed by atoms with Gasteiger partial charge in [-0.25, -0.2) is 14.4 Å². The molecule has 2 amide bonds. The van der Waals surface area contributed by atoms with E-state index in [2.05, 4.69) is 20.1 Å². The van der Waals surface area contributed by atoms with Crippen molar-refractivity contribution in [2.75, 3.05) is 20.3 Å². The predicted octanol–water partition coefficient (Wildman–Crippen LogP) is -0.590. The van der Waals surface area contributed by atoms with E-state index in [0.29, 0.717) is 0 Å². The van der Waals surface area contributed by atoms with Gasteiger partial charge in [-0.3, -0.25) is 0 Å². The van der Waals surface area contributed by atoms with Crippen LogP contribution in [-0.4, -0.2) is 44.3 Å². The Hall–Kier alpha value is -1.79. The molecule has 0 aromatic carbocycles. The molecule has 0 aliphatic rings. The molecule has 0 heterocycles. The monoisotopic (exact) mass is 232 g/mol. The van der Waals surface area contributed by atoms with Crippen LogP contribution in [0.5, 0.6) is 0 Å². The maximum Gasteiger partial charge on any atom is 0.340 e. The molecule has 0 aromatic rings. The SMILES string of the molecule is CCOC(=O)C(NC(=O)NC)C(=O)OCC. The first-order valence-electron chi connectivity index (χ1n) is 4.88. The molecule has 0 atom stereocenters. The molecule has 0 bridgehead atoms. The first kappa shape index (κ1) is 14.2. The zero-order valence-electron chi connectivity index (χ0n) is 9.53. The predicted molar refractivity (Wildman–Crippen MR) is 54.6 cm³/mol. The fourth-order valence-electron chi connectivity index (χ4n) is 0.869. The molecule has 0 saturated carbocycles. The Labute approximate surface area is 93.5 Å². The van der Waals surface area contributed by atoms with E-state index >= 15 is 0 Å². The fraction of sp³-hybridized carbons (Fsp3) is 0.667. The van der Waals surface area contributed by atoms with Crippen molar-refractivity contribution in [3.05, 3.63) is 0 Å². The molecule has 7 heteroatoms. The molecule has 0 fully saturated rings. The molecule has 16 heavy (non-hydrogen) atoms. The number of amides is 2. The van der Waals surface area contributed by atoms with Crippen molar-refractivity contribution >= 4 is 18.0 Å². The summed E-state index contributed by atoms with van der Waals surface area (Å²) in [5.74, 6) is -1.69. The number of nitrogens with one attached hydrogen (secondary N) is 2. The minimum Gasteiger partial charge on any atom is -0.464 e. The second kappa shape index (κ2) is 7.49. The van der Waals surface area contributed by atoms with Crippen LogP contribution in [0.15, 0.2) is 0 Å². The summed E-state index contributed by atoms with van der Waals surface area (Å²) in [6.45, 7) is 3.42. The summed E-state index contributed by atoms with van der Waals surface area (Å²) in [6, 6.07) is -2.09. The lowest BCUT2D eigenvalue weighted by Gasteiger charge is -2.15. The highest BCUT2D eigenvalue weighted by Crippen LogP contribution is 1.94. The minimum absolute atomic E-state index is 0.115. The van der Waals surface area contributed by atoms with Gasteiger partial charge in [0, 0.05) is 7.05 Å². The third-order valence-corrected chi connectivity index (χ3v) is 1.55. The summed E-state index contributed by atoms with van der Waals surface area (Å²) < 4.78 is 9.27. The van der Waals surface area contributed by atoms with Crippen LogP contribution in [0.3, 0.4) is 0 Å². The number of hydrogen-bond donors (Lipinski definition) is 2. The van der Waals surface area contributed by atoms with E-state index in [1.165, 1.54) is 7.05 Å². The molecular formula is C9H16N2O5. The second-order valence-electron chi connectivity index (χ2n) is 2.66. The Bertz CT molecular complexity index is 249. The van der Waals surface area contributed by atoms with E-state index in [4.69, 9.17) is 0 Å². The van der Waals surface area contributed by atoms with Gasteiger partial charge in [0.05, 0.1) is 13.2 Å². The summed E-state index contributed by atoms with van der Waals surface area (Å²) in [6.07, 6.45) is 0. The van der Waals surface area contributed by atoms with Crippen molar-refractivity contribution in [2.45, 2.75) is 19.9 Å². The summed E-state index contributed by atoms with van der Waals surface area (Å²) >= 11 is 0. The largest absolute Gasteiger partial charge is 0.464 e. The summed E-state index contributed by atoms with van der Waals surface area (Å²) in [4.78, 5) is 33.7. The Morgan fingerprint density at radius 2 is 1.50 bits per heavy atom. The van der Waals surface area contributed by atoms with E-state index in [1.807, 2.05) is 0 Å². The number of ether oxygens (including phenoxy) is 2. The first-order valence-corrected chi connectivity index (χ1v) is 4.88. The fourth-order valence-corrected chi connectivity index (χ4v) is 0.869. The maximum absolute atomic E-state index is 11.3. The maximum atomic E-state index is 11.3. The molecule has 0 unspecified atom stereocenters. The topological polar surface area (TPSA) is 93.7 Å². The minimum atomic E-state index is -1.43. The lowest BCUT2D eigenvalue weighted by molar-refractivity contribution is -0.157. The average Bonchev–Trinajstić information content (AvgIpc) is 2.25. The molecular weight excluding hydrogens is 216 g/mol. The number of rotatable bonds is 5. The van der Waals surface area contributed by atoms with Crippen LogP contribution in [0.25, 0.3) is 0 Å². The van der Waals surface area contributed by atoms with Crippen molar-refractivity contribution in [3.63, 3.8) is 0 Å². The van der Waals surface area contributed by atoms with Crippen molar-refractivity contribution < 1.29 is 23.9 Å². The van der Waals surface area contributed by atoms with E-state index in [1.54, 1.807) is 13.8 Å². The molecule has 7 nitrogen and oxygen atoms in total. The molecule has 0 spiro atoms. The third kappa shape index (κ3) is 4.63. The zero-order chi connectivity index (χ0) is 12.6. The van der Waals surface area contributed by atoms with Crippen LogP contribution in [0.2, 0.25) is 0 Å². The van der Waals surface area contributed by atoms with Crippen LogP contribution < -0.4 is 10.6 Å². The van der Waals surface area contributed by atoms with Gasteiger partial charge < -0.3 is 20.1 Å². The molecule has 0 saturated heterocycles. The molecule has 2 N–H and O–H groups in total. The Morgan fingerprint density at radius 3 is 1.81 bits per heavy atom. The van der Waals surface area contributed by atoms with Gasteiger partial charge in [-0.1, -0.05) is 0 Å². The van der Waals surface area contributed by atoms with E-state index in [9.17, 15) is 14.4 Å². The highest BCUT2D eigenvalue weighted by molar-refractivity contribution is 6.02. The number of hydrogen-bond acceptors (Lipinski definition) is 5. The van der Waals surface area contributed by atoms with Gasteiger partial charge in [-0.05, 0) is 13.8 Å². The van der Waals surface area contributed by atoms with Gasteiger partial charge in [0.2, 0.25) is 6.04 Å². The third-order valence-electron chi connectivity index (χ3n) is 1.55. The first-order chi connectivity index (χ1) is 7.56. The molecule has 0 radical (unpaired) electrons.